The summed E-state index contributed by atoms with van der Waals surface area (Å²) in [5.74, 6) is 0.779. The molecule has 0 amide bonds. The largest absolute Gasteiger partial charge is 0.293 e. The number of fused-ring (bicyclic) bond motifs is 2. The topological polar surface area (TPSA) is 17.1 Å². The second kappa shape index (κ2) is 4.43. The summed E-state index contributed by atoms with van der Waals surface area (Å²) < 4.78 is 0. The van der Waals surface area contributed by atoms with Gasteiger partial charge in [0.25, 0.3) is 0 Å². The van der Waals surface area contributed by atoms with E-state index in [1.165, 1.54) is 5.57 Å². The van der Waals surface area contributed by atoms with Crippen molar-refractivity contribution in [3.05, 3.63) is 53.6 Å². The van der Waals surface area contributed by atoms with Crippen LogP contribution in [0.15, 0.2) is 53.0 Å². The molecule has 2 unspecified atom stereocenters. The molecule has 2 aliphatic rings. The highest BCUT2D eigenvalue weighted by molar-refractivity contribution is 8.00. The predicted octanol–water partition coefficient (Wildman–Crippen LogP) is 4.11. The number of benzene rings is 1. The Bertz CT molecular complexity index is 554. The van der Waals surface area contributed by atoms with E-state index in [1.54, 1.807) is 11.8 Å². The van der Waals surface area contributed by atoms with Crippen LogP contribution in [0.25, 0.3) is 0 Å². The summed E-state index contributed by atoms with van der Waals surface area (Å²) in [6.07, 6.45) is 6.54. The van der Waals surface area contributed by atoms with Gasteiger partial charge in [0.05, 0.1) is 5.92 Å². The number of thioether (sulfide) groups is 1. The monoisotopic (exact) mass is 256 g/mol. The first-order valence-corrected chi connectivity index (χ1v) is 7.24. The van der Waals surface area contributed by atoms with Crippen LogP contribution in [-0.4, -0.2) is 11.0 Å². The van der Waals surface area contributed by atoms with Crippen molar-refractivity contribution in [3.63, 3.8) is 0 Å². The highest BCUT2D eigenvalue weighted by atomic mass is 32.2. The van der Waals surface area contributed by atoms with Crippen molar-refractivity contribution in [2.75, 3.05) is 0 Å². The first-order valence-electron chi connectivity index (χ1n) is 6.36. The molecule has 0 saturated heterocycles. The molecule has 1 aromatic rings. The summed E-state index contributed by atoms with van der Waals surface area (Å²) in [7, 11) is 0. The van der Waals surface area contributed by atoms with Crippen LogP contribution in [0.5, 0.6) is 0 Å². The van der Waals surface area contributed by atoms with E-state index < -0.39 is 0 Å². The van der Waals surface area contributed by atoms with Crippen molar-refractivity contribution < 1.29 is 4.79 Å². The number of Topliss-reactive ketones (excluding diaryl/α,β-unsaturated/α-hetero) is 1. The molecule has 0 saturated carbocycles. The minimum absolute atomic E-state index is 0.0206. The standard InChI is InChI=1S/C16H16OS/c1-10(2)11-7-8-15-13(9-11)16(17)12-5-3-4-6-14(12)18-15/h3-10,13,15H,1-2H3. The molecule has 2 heteroatoms. The van der Waals surface area contributed by atoms with Crippen LogP contribution in [0.4, 0.5) is 0 Å². The van der Waals surface area contributed by atoms with E-state index in [1.807, 2.05) is 24.3 Å². The number of rotatable bonds is 1. The summed E-state index contributed by atoms with van der Waals surface area (Å²) in [4.78, 5) is 13.6. The Hall–Kier alpha value is -1.28. The lowest BCUT2D eigenvalue weighted by molar-refractivity contribution is 0.0941. The molecule has 2 atom stereocenters. The van der Waals surface area contributed by atoms with Crippen molar-refractivity contribution in [2.45, 2.75) is 24.0 Å². The van der Waals surface area contributed by atoms with Crippen LogP contribution in [0.3, 0.4) is 0 Å². The zero-order valence-electron chi connectivity index (χ0n) is 10.6. The molecule has 0 bridgehead atoms. The van der Waals surface area contributed by atoms with Crippen LogP contribution in [0.2, 0.25) is 0 Å². The van der Waals surface area contributed by atoms with Gasteiger partial charge in [0.2, 0.25) is 0 Å². The molecule has 1 nitrogen and oxygen atoms in total. The van der Waals surface area contributed by atoms with E-state index >= 15 is 0 Å². The highest BCUT2D eigenvalue weighted by Crippen LogP contribution is 2.42. The number of hydrogen-bond acceptors (Lipinski definition) is 2. The second-order valence-electron chi connectivity index (χ2n) is 5.15. The molecule has 0 N–H and O–H groups in total. The van der Waals surface area contributed by atoms with Gasteiger partial charge in [0.1, 0.15) is 0 Å². The van der Waals surface area contributed by atoms with E-state index in [2.05, 4.69) is 32.1 Å². The van der Waals surface area contributed by atoms with Gasteiger partial charge < -0.3 is 0 Å². The van der Waals surface area contributed by atoms with Crippen molar-refractivity contribution in [1.29, 1.82) is 0 Å². The van der Waals surface area contributed by atoms with Crippen LogP contribution < -0.4 is 0 Å². The third kappa shape index (κ3) is 1.85. The van der Waals surface area contributed by atoms with Gasteiger partial charge in [-0.2, -0.15) is 0 Å². The zero-order chi connectivity index (χ0) is 12.7. The summed E-state index contributed by atoms with van der Waals surface area (Å²) >= 11 is 1.81. The lowest BCUT2D eigenvalue weighted by Crippen LogP contribution is -2.30. The second-order valence-corrected chi connectivity index (χ2v) is 6.37. The molecule has 92 valence electrons. The van der Waals surface area contributed by atoms with Crippen molar-refractivity contribution in [2.24, 2.45) is 11.8 Å². The predicted molar refractivity (Wildman–Crippen MR) is 76.0 cm³/mol. The number of allylic oxidation sites excluding steroid dienone is 3. The lowest BCUT2D eigenvalue weighted by Gasteiger charge is -2.31. The smallest absolute Gasteiger partial charge is 0.172 e. The molecular formula is C16H16OS. The maximum Gasteiger partial charge on any atom is 0.172 e. The van der Waals surface area contributed by atoms with Gasteiger partial charge in [0, 0.05) is 15.7 Å². The van der Waals surface area contributed by atoms with Gasteiger partial charge in [-0.25, -0.2) is 0 Å². The molecule has 1 aromatic carbocycles. The van der Waals surface area contributed by atoms with E-state index in [-0.39, 0.29) is 17.0 Å². The number of carbonyl (C=O) groups excluding carboxylic acids is 1. The average molecular weight is 256 g/mol. The van der Waals surface area contributed by atoms with Crippen molar-refractivity contribution in [1.82, 2.24) is 0 Å². The summed E-state index contributed by atoms with van der Waals surface area (Å²) in [5.41, 5.74) is 2.17. The van der Waals surface area contributed by atoms with E-state index in [0.29, 0.717) is 5.92 Å². The fraction of sp³-hybridized carbons (Fsp3) is 0.312. The van der Waals surface area contributed by atoms with E-state index in [4.69, 9.17) is 0 Å². The van der Waals surface area contributed by atoms with Crippen molar-refractivity contribution >= 4 is 17.5 Å². The quantitative estimate of drug-likeness (QED) is 0.752. The lowest BCUT2D eigenvalue weighted by atomic mass is 9.85. The van der Waals surface area contributed by atoms with Crippen LogP contribution in [-0.2, 0) is 0 Å². The zero-order valence-corrected chi connectivity index (χ0v) is 11.4. The maximum absolute atomic E-state index is 12.5. The first-order chi connectivity index (χ1) is 8.66. The summed E-state index contributed by atoms with van der Waals surface area (Å²) in [6, 6.07) is 7.94. The summed E-state index contributed by atoms with van der Waals surface area (Å²) in [6.45, 7) is 4.34. The van der Waals surface area contributed by atoms with Gasteiger partial charge in [0.15, 0.2) is 5.78 Å². The molecule has 18 heavy (non-hydrogen) atoms. The van der Waals surface area contributed by atoms with Gasteiger partial charge in [-0.05, 0) is 17.6 Å². The van der Waals surface area contributed by atoms with Crippen LogP contribution in [0, 0.1) is 11.8 Å². The normalized spacial score (nSPS) is 25.7. The Morgan fingerprint density at radius 1 is 1.22 bits per heavy atom. The maximum atomic E-state index is 12.5. The van der Waals surface area contributed by atoms with Gasteiger partial charge in [-0.3, -0.25) is 4.79 Å². The molecule has 3 rings (SSSR count). The molecule has 1 aliphatic heterocycles. The first kappa shape index (κ1) is 11.8. The number of hydrogen-bond donors (Lipinski definition) is 0. The molecule has 1 heterocycles. The number of carbonyl (C=O) groups is 1. The van der Waals surface area contributed by atoms with Gasteiger partial charge in [-0.1, -0.05) is 50.3 Å². The van der Waals surface area contributed by atoms with E-state index in [0.717, 1.165) is 10.5 Å². The minimum atomic E-state index is 0.0206. The third-order valence-corrected chi connectivity index (χ3v) is 4.92. The average Bonchev–Trinajstić information content (AvgIpc) is 2.38. The highest BCUT2D eigenvalue weighted by Gasteiger charge is 2.35. The molecular weight excluding hydrogens is 240 g/mol. The van der Waals surface area contributed by atoms with Crippen LogP contribution >= 0.6 is 11.8 Å². The minimum Gasteiger partial charge on any atom is -0.293 e. The fourth-order valence-corrected chi connectivity index (χ4v) is 3.76. The van der Waals surface area contributed by atoms with Crippen LogP contribution in [0.1, 0.15) is 24.2 Å². The molecule has 1 aliphatic carbocycles. The molecule has 0 spiro atoms. The molecule has 0 radical (unpaired) electrons. The molecule has 0 fully saturated rings. The van der Waals surface area contributed by atoms with Gasteiger partial charge >= 0.3 is 0 Å². The molecule has 0 aromatic heterocycles. The SMILES string of the molecule is CC(C)C1=CC2C(=O)c3ccccc3SC2C=C1. The van der Waals surface area contributed by atoms with Crippen molar-refractivity contribution in [3.8, 4) is 0 Å². The van der Waals surface area contributed by atoms with Gasteiger partial charge in [-0.15, -0.1) is 11.8 Å². The Morgan fingerprint density at radius 3 is 2.78 bits per heavy atom. The summed E-state index contributed by atoms with van der Waals surface area (Å²) in [5, 5.41) is 0.273. The number of ketones is 1. The Labute approximate surface area is 112 Å². The fourth-order valence-electron chi connectivity index (χ4n) is 2.50. The Kier molecular flexibility index (Phi) is 2.90. The third-order valence-electron chi connectivity index (χ3n) is 3.59. The Morgan fingerprint density at radius 2 is 2.00 bits per heavy atom. The Balaban J connectivity index is 2.02. The van der Waals surface area contributed by atoms with E-state index in [9.17, 15) is 4.79 Å².